The molecule has 0 unspecified atom stereocenters. The molecule has 1 saturated carbocycles. The lowest BCUT2D eigenvalue weighted by Gasteiger charge is -2.26. The summed E-state index contributed by atoms with van der Waals surface area (Å²) in [6.45, 7) is 3.93. The molecule has 24 heavy (non-hydrogen) atoms. The van der Waals surface area contributed by atoms with Gasteiger partial charge in [0.05, 0.1) is 0 Å². The molecule has 0 amide bonds. The standard InChI is InChI=1S/C20H23NO3/c1-4-7-16(22)19-17(23)10-13(11-18(19)24)20-12(2)14-8-5-6-9-15(14)21(20)3/h5-6,8-9,13,19H,4,7,10-11H2,1-3H3. The van der Waals surface area contributed by atoms with Gasteiger partial charge in [0.25, 0.3) is 0 Å². The van der Waals surface area contributed by atoms with E-state index in [1.165, 1.54) is 0 Å². The summed E-state index contributed by atoms with van der Waals surface area (Å²) in [5.41, 5.74) is 3.27. The van der Waals surface area contributed by atoms with E-state index in [1.807, 2.05) is 39.1 Å². The van der Waals surface area contributed by atoms with Crippen molar-refractivity contribution in [2.75, 3.05) is 0 Å². The van der Waals surface area contributed by atoms with E-state index < -0.39 is 5.92 Å². The van der Waals surface area contributed by atoms with E-state index in [-0.39, 0.29) is 36.1 Å². The van der Waals surface area contributed by atoms with Crippen LogP contribution in [0.2, 0.25) is 0 Å². The summed E-state index contributed by atoms with van der Waals surface area (Å²) in [6.07, 6.45) is 1.52. The molecule has 1 fully saturated rings. The Hall–Kier alpha value is -2.23. The summed E-state index contributed by atoms with van der Waals surface area (Å²) in [5, 5.41) is 1.15. The summed E-state index contributed by atoms with van der Waals surface area (Å²) >= 11 is 0. The highest BCUT2D eigenvalue weighted by Gasteiger charge is 2.41. The third-order valence-corrected chi connectivity index (χ3v) is 5.16. The molecule has 0 radical (unpaired) electrons. The Kier molecular flexibility index (Phi) is 4.39. The Bertz CT molecular complexity index is 774. The molecule has 1 aliphatic rings. The number of hydrogen-bond donors (Lipinski definition) is 0. The number of carbonyl (C=O) groups excluding carboxylic acids is 3. The normalized spacial score (nSPS) is 21.5. The van der Waals surface area contributed by atoms with E-state index in [4.69, 9.17) is 0 Å². The first kappa shape index (κ1) is 16.6. The third kappa shape index (κ3) is 2.60. The van der Waals surface area contributed by atoms with Crippen LogP contribution < -0.4 is 0 Å². The average Bonchev–Trinajstić information content (AvgIpc) is 2.79. The number of fused-ring (bicyclic) bond motifs is 1. The number of rotatable bonds is 4. The topological polar surface area (TPSA) is 56.1 Å². The van der Waals surface area contributed by atoms with Gasteiger partial charge in [-0.1, -0.05) is 25.1 Å². The minimum Gasteiger partial charge on any atom is -0.347 e. The van der Waals surface area contributed by atoms with Crippen molar-refractivity contribution in [3.63, 3.8) is 0 Å². The van der Waals surface area contributed by atoms with Gasteiger partial charge < -0.3 is 4.57 Å². The predicted octanol–water partition coefficient (Wildman–Crippen LogP) is 3.49. The van der Waals surface area contributed by atoms with Crippen LogP contribution in [-0.4, -0.2) is 21.9 Å². The minimum absolute atomic E-state index is 0.131. The van der Waals surface area contributed by atoms with Gasteiger partial charge in [0.1, 0.15) is 5.92 Å². The van der Waals surface area contributed by atoms with Gasteiger partial charge in [-0.05, 0) is 25.0 Å². The molecule has 0 saturated heterocycles. The number of benzene rings is 1. The van der Waals surface area contributed by atoms with Crippen molar-refractivity contribution in [3.8, 4) is 0 Å². The number of aryl methyl sites for hydroxylation is 2. The quantitative estimate of drug-likeness (QED) is 0.809. The molecule has 0 aliphatic heterocycles. The SMILES string of the molecule is CCCC(=O)C1C(=O)CC(c2c(C)c3ccccc3n2C)CC1=O. The molecular formula is C20H23NO3. The summed E-state index contributed by atoms with van der Waals surface area (Å²) < 4.78 is 2.09. The summed E-state index contributed by atoms with van der Waals surface area (Å²) in [5.74, 6) is -1.78. The summed E-state index contributed by atoms with van der Waals surface area (Å²) in [7, 11) is 1.98. The number of hydrogen-bond acceptors (Lipinski definition) is 3. The molecule has 0 bridgehead atoms. The van der Waals surface area contributed by atoms with Crippen LogP contribution in [-0.2, 0) is 21.4 Å². The van der Waals surface area contributed by atoms with Gasteiger partial charge in [-0.15, -0.1) is 0 Å². The van der Waals surface area contributed by atoms with Gasteiger partial charge >= 0.3 is 0 Å². The van der Waals surface area contributed by atoms with Gasteiger partial charge in [-0.3, -0.25) is 14.4 Å². The number of ketones is 3. The second-order valence-electron chi connectivity index (χ2n) is 6.77. The fourth-order valence-electron chi connectivity index (χ4n) is 4.10. The maximum atomic E-state index is 12.5. The Morgan fingerprint density at radius 3 is 2.38 bits per heavy atom. The second-order valence-corrected chi connectivity index (χ2v) is 6.77. The molecular weight excluding hydrogens is 302 g/mol. The highest BCUT2D eigenvalue weighted by Crippen LogP contribution is 2.37. The van der Waals surface area contributed by atoms with Crippen LogP contribution in [0, 0.1) is 12.8 Å². The Morgan fingerprint density at radius 1 is 1.17 bits per heavy atom. The van der Waals surface area contributed by atoms with Gasteiger partial charge in [-0.2, -0.15) is 0 Å². The number of carbonyl (C=O) groups is 3. The van der Waals surface area contributed by atoms with Gasteiger partial charge in [0.2, 0.25) is 0 Å². The molecule has 0 spiro atoms. The van der Waals surface area contributed by atoms with Gasteiger partial charge in [0, 0.05) is 48.8 Å². The third-order valence-electron chi connectivity index (χ3n) is 5.16. The van der Waals surface area contributed by atoms with E-state index in [2.05, 4.69) is 10.6 Å². The smallest absolute Gasteiger partial charge is 0.151 e. The van der Waals surface area contributed by atoms with Crippen LogP contribution in [0.3, 0.4) is 0 Å². The average molecular weight is 325 g/mol. The number of nitrogens with zero attached hydrogens (tertiary/aromatic N) is 1. The molecule has 4 nitrogen and oxygen atoms in total. The van der Waals surface area contributed by atoms with Gasteiger partial charge in [-0.25, -0.2) is 0 Å². The Balaban J connectivity index is 1.95. The van der Waals surface area contributed by atoms with Crippen LogP contribution in [0.15, 0.2) is 24.3 Å². The lowest BCUT2D eigenvalue weighted by atomic mass is 9.75. The first-order valence-corrected chi connectivity index (χ1v) is 8.57. The number of Topliss-reactive ketones (excluding diaryl/α,β-unsaturated/α-hetero) is 3. The van der Waals surface area contributed by atoms with Crippen molar-refractivity contribution >= 4 is 28.3 Å². The molecule has 4 heteroatoms. The first-order chi connectivity index (χ1) is 11.5. The Labute approximate surface area is 141 Å². The zero-order valence-electron chi connectivity index (χ0n) is 14.5. The molecule has 1 aliphatic carbocycles. The van der Waals surface area contributed by atoms with E-state index in [0.717, 1.165) is 22.2 Å². The van der Waals surface area contributed by atoms with Crippen LogP contribution in [0.4, 0.5) is 0 Å². The molecule has 126 valence electrons. The predicted molar refractivity (Wildman–Crippen MR) is 93.1 cm³/mol. The molecule has 0 atom stereocenters. The maximum absolute atomic E-state index is 12.5. The fraction of sp³-hybridized carbons (Fsp3) is 0.450. The maximum Gasteiger partial charge on any atom is 0.151 e. The van der Waals surface area contributed by atoms with Crippen LogP contribution in [0.5, 0.6) is 0 Å². The lowest BCUT2D eigenvalue weighted by Crippen LogP contribution is -2.38. The monoisotopic (exact) mass is 325 g/mol. The first-order valence-electron chi connectivity index (χ1n) is 8.57. The van der Waals surface area contributed by atoms with E-state index in [9.17, 15) is 14.4 Å². The van der Waals surface area contributed by atoms with Crippen LogP contribution >= 0.6 is 0 Å². The van der Waals surface area contributed by atoms with Crippen molar-refractivity contribution in [2.24, 2.45) is 13.0 Å². The molecule has 1 heterocycles. The summed E-state index contributed by atoms with van der Waals surface area (Å²) in [6, 6.07) is 8.10. The number of para-hydroxylation sites is 1. The molecule has 1 aromatic carbocycles. The zero-order valence-corrected chi connectivity index (χ0v) is 14.5. The lowest BCUT2D eigenvalue weighted by molar-refractivity contribution is -0.142. The van der Waals surface area contributed by atoms with E-state index in [1.54, 1.807) is 0 Å². The van der Waals surface area contributed by atoms with E-state index in [0.29, 0.717) is 12.8 Å². The molecule has 0 N–H and O–H groups in total. The highest BCUT2D eigenvalue weighted by atomic mass is 16.2. The molecule has 1 aromatic heterocycles. The van der Waals surface area contributed by atoms with Crippen molar-refractivity contribution in [2.45, 2.75) is 45.4 Å². The van der Waals surface area contributed by atoms with Gasteiger partial charge in [0.15, 0.2) is 17.3 Å². The number of aromatic nitrogens is 1. The van der Waals surface area contributed by atoms with Crippen molar-refractivity contribution in [1.82, 2.24) is 4.57 Å². The van der Waals surface area contributed by atoms with Crippen molar-refractivity contribution in [3.05, 3.63) is 35.5 Å². The van der Waals surface area contributed by atoms with E-state index >= 15 is 0 Å². The minimum atomic E-state index is -1.02. The largest absolute Gasteiger partial charge is 0.347 e. The fourth-order valence-corrected chi connectivity index (χ4v) is 4.10. The second kappa shape index (κ2) is 6.34. The zero-order chi connectivity index (χ0) is 17.4. The molecule has 2 aromatic rings. The van der Waals surface area contributed by atoms with Crippen LogP contribution in [0.1, 0.15) is 49.8 Å². The summed E-state index contributed by atoms with van der Waals surface area (Å²) in [4.78, 5) is 37.1. The van der Waals surface area contributed by atoms with Crippen molar-refractivity contribution in [1.29, 1.82) is 0 Å². The van der Waals surface area contributed by atoms with Crippen LogP contribution in [0.25, 0.3) is 10.9 Å². The molecule has 3 rings (SSSR count). The highest BCUT2D eigenvalue weighted by molar-refractivity contribution is 6.21. The van der Waals surface area contributed by atoms with Crippen molar-refractivity contribution < 1.29 is 14.4 Å². The Morgan fingerprint density at radius 2 is 1.79 bits per heavy atom.